The molecule has 1 aliphatic heterocycles. The minimum Gasteiger partial charge on any atom is -0.497 e. The normalized spacial score (nSPS) is 17.0. The van der Waals surface area contributed by atoms with Crippen LogP contribution in [0.5, 0.6) is 11.5 Å². The number of nitrogens with one attached hydrogen (secondary N) is 1. The number of carbonyl (C=O) groups excluding carboxylic acids is 2. The number of aromatic nitrogens is 1. The van der Waals surface area contributed by atoms with Crippen molar-refractivity contribution in [3.8, 4) is 11.5 Å². The van der Waals surface area contributed by atoms with Crippen molar-refractivity contribution in [3.05, 3.63) is 29.8 Å². The SMILES string of the molecule is COc1ccc(OC)c(N2CC(C(=O)Nc3nccs3)CC2=O)c1. The molecule has 0 saturated carbocycles. The van der Waals surface area contributed by atoms with Crippen molar-refractivity contribution < 1.29 is 19.1 Å². The smallest absolute Gasteiger partial charge is 0.231 e. The molecule has 1 atom stereocenters. The van der Waals surface area contributed by atoms with Crippen LogP contribution in [-0.4, -0.2) is 37.6 Å². The van der Waals surface area contributed by atoms with E-state index in [0.717, 1.165) is 0 Å². The lowest BCUT2D eigenvalue weighted by Gasteiger charge is -2.20. The average molecular weight is 347 g/mol. The molecule has 3 rings (SSSR count). The second kappa shape index (κ2) is 6.88. The first kappa shape index (κ1) is 16.3. The zero-order valence-electron chi connectivity index (χ0n) is 13.3. The Balaban J connectivity index is 1.78. The maximum Gasteiger partial charge on any atom is 0.231 e. The zero-order chi connectivity index (χ0) is 17.1. The molecule has 2 heterocycles. The molecule has 1 aromatic heterocycles. The maximum absolute atomic E-state index is 12.4. The van der Waals surface area contributed by atoms with Crippen molar-refractivity contribution in [1.82, 2.24) is 4.98 Å². The standard InChI is InChI=1S/C16H17N3O4S/c1-22-11-3-4-13(23-2)12(8-11)19-9-10(7-14(19)20)15(21)18-16-17-5-6-24-16/h3-6,8,10H,7,9H2,1-2H3,(H,17,18,21). The molecule has 1 saturated heterocycles. The average Bonchev–Trinajstić information content (AvgIpc) is 3.23. The molecule has 1 aliphatic rings. The number of nitrogens with zero attached hydrogens (tertiary/aromatic N) is 2. The molecule has 2 aromatic rings. The van der Waals surface area contributed by atoms with Gasteiger partial charge in [0.25, 0.3) is 0 Å². The van der Waals surface area contributed by atoms with Crippen LogP contribution in [0.4, 0.5) is 10.8 Å². The molecule has 126 valence electrons. The van der Waals surface area contributed by atoms with E-state index in [2.05, 4.69) is 10.3 Å². The highest BCUT2D eigenvalue weighted by Gasteiger charge is 2.36. The number of thiazole rings is 1. The lowest BCUT2D eigenvalue weighted by atomic mass is 10.1. The van der Waals surface area contributed by atoms with E-state index in [1.165, 1.54) is 11.3 Å². The summed E-state index contributed by atoms with van der Waals surface area (Å²) >= 11 is 1.34. The summed E-state index contributed by atoms with van der Waals surface area (Å²) in [5.41, 5.74) is 0.603. The summed E-state index contributed by atoms with van der Waals surface area (Å²) in [6, 6.07) is 5.23. The minimum atomic E-state index is -0.433. The number of methoxy groups -OCH3 is 2. The Kier molecular flexibility index (Phi) is 4.66. The number of carbonyl (C=O) groups is 2. The van der Waals surface area contributed by atoms with Crippen LogP contribution < -0.4 is 19.7 Å². The van der Waals surface area contributed by atoms with E-state index in [-0.39, 0.29) is 18.2 Å². The zero-order valence-corrected chi connectivity index (χ0v) is 14.1. The predicted molar refractivity (Wildman–Crippen MR) is 90.7 cm³/mol. The van der Waals surface area contributed by atoms with Crippen LogP contribution in [0.1, 0.15) is 6.42 Å². The van der Waals surface area contributed by atoms with Gasteiger partial charge in [0.15, 0.2) is 5.13 Å². The van der Waals surface area contributed by atoms with Crippen molar-refractivity contribution in [2.75, 3.05) is 31.0 Å². The van der Waals surface area contributed by atoms with Crippen LogP contribution in [0.3, 0.4) is 0 Å². The van der Waals surface area contributed by atoms with Gasteiger partial charge in [-0.15, -0.1) is 11.3 Å². The topological polar surface area (TPSA) is 80.8 Å². The predicted octanol–water partition coefficient (Wildman–Crippen LogP) is 2.15. The number of hydrogen-bond donors (Lipinski definition) is 1. The molecule has 0 aliphatic carbocycles. The van der Waals surface area contributed by atoms with E-state index < -0.39 is 5.92 Å². The van der Waals surface area contributed by atoms with Crippen molar-refractivity contribution in [3.63, 3.8) is 0 Å². The van der Waals surface area contributed by atoms with E-state index in [1.807, 2.05) is 0 Å². The van der Waals surface area contributed by atoms with Gasteiger partial charge in [-0.25, -0.2) is 4.98 Å². The molecule has 0 radical (unpaired) electrons. The Morgan fingerprint density at radius 1 is 1.38 bits per heavy atom. The van der Waals surface area contributed by atoms with E-state index in [4.69, 9.17) is 9.47 Å². The highest BCUT2D eigenvalue weighted by Crippen LogP contribution is 2.36. The minimum absolute atomic E-state index is 0.124. The fourth-order valence-corrected chi connectivity index (χ4v) is 3.15. The summed E-state index contributed by atoms with van der Waals surface area (Å²) in [5.74, 6) is 0.417. The highest BCUT2D eigenvalue weighted by molar-refractivity contribution is 7.13. The fraction of sp³-hybridized carbons (Fsp3) is 0.312. The second-order valence-corrected chi connectivity index (χ2v) is 6.16. The highest BCUT2D eigenvalue weighted by atomic mass is 32.1. The lowest BCUT2D eigenvalue weighted by molar-refractivity contribution is -0.122. The van der Waals surface area contributed by atoms with Gasteiger partial charge in [0.1, 0.15) is 11.5 Å². The molecular weight excluding hydrogens is 330 g/mol. The van der Waals surface area contributed by atoms with Crippen molar-refractivity contribution in [2.45, 2.75) is 6.42 Å². The fourth-order valence-electron chi connectivity index (χ4n) is 2.62. The first-order valence-electron chi connectivity index (χ1n) is 7.35. The molecule has 1 N–H and O–H groups in total. The maximum atomic E-state index is 12.4. The van der Waals surface area contributed by atoms with Crippen LogP contribution >= 0.6 is 11.3 Å². The molecule has 1 aromatic carbocycles. The third kappa shape index (κ3) is 3.18. The van der Waals surface area contributed by atoms with Gasteiger partial charge in [-0.1, -0.05) is 0 Å². The largest absolute Gasteiger partial charge is 0.497 e. The van der Waals surface area contributed by atoms with Crippen molar-refractivity contribution in [2.24, 2.45) is 5.92 Å². The van der Waals surface area contributed by atoms with E-state index in [0.29, 0.717) is 28.9 Å². The monoisotopic (exact) mass is 347 g/mol. The number of ether oxygens (including phenoxy) is 2. The number of benzene rings is 1. The van der Waals surface area contributed by atoms with Crippen molar-refractivity contribution in [1.29, 1.82) is 0 Å². The summed E-state index contributed by atoms with van der Waals surface area (Å²) < 4.78 is 10.5. The molecule has 1 unspecified atom stereocenters. The Bertz CT molecular complexity index is 748. The van der Waals surface area contributed by atoms with Gasteiger partial charge in [-0.3, -0.25) is 9.59 Å². The third-order valence-corrected chi connectivity index (χ3v) is 4.52. The first-order valence-corrected chi connectivity index (χ1v) is 8.23. The molecule has 24 heavy (non-hydrogen) atoms. The van der Waals surface area contributed by atoms with E-state index >= 15 is 0 Å². The number of anilines is 2. The number of amides is 2. The summed E-state index contributed by atoms with van der Waals surface area (Å²) in [7, 11) is 3.10. The molecule has 0 spiro atoms. The van der Waals surface area contributed by atoms with Crippen LogP contribution in [0.15, 0.2) is 29.8 Å². The van der Waals surface area contributed by atoms with Crippen LogP contribution in [0.2, 0.25) is 0 Å². The Morgan fingerprint density at radius 3 is 2.88 bits per heavy atom. The summed E-state index contributed by atoms with van der Waals surface area (Å²) in [6.45, 7) is 0.291. The molecule has 7 nitrogen and oxygen atoms in total. The summed E-state index contributed by atoms with van der Waals surface area (Å²) in [4.78, 5) is 30.3. The van der Waals surface area contributed by atoms with Crippen LogP contribution in [0, 0.1) is 5.92 Å². The van der Waals surface area contributed by atoms with Gasteiger partial charge in [0.05, 0.1) is 25.8 Å². The quantitative estimate of drug-likeness (QED) is 0.896. The Labute approximate surface area is 143 Å². The Hall–Kier alpha value is -2.61. The lowest BCUT2D eigenvalue weighted by Crippen LogP contribution is -2.28. The summed E-state index contributed by atoms with van der Waals surface area (Å²) in [5, 5.41) is 5.05. The van der Waals surface area contributed by atoms with Crippen LogP contribution in [0.25, 0.3) is 0 Å². The third-order valence-electron chi connectivity index (χ3n) is 3.84. The molecular formula is C16H17N3O4S. The van der Waals surface area contributed by atoms with Gasteiger partial charge in [-0.05, 0) is 12.1 Å². The van der Waals surface area contributed by atoms with Crippen molar-refractivity contribution >= 4 is 34.0 Å². The summed E-state index contributed by atoms with van der Waals surface area (Å²) in [6.07, 6.45) is 1.77. The first-order chi connectivity index (χ1) is 11.6. The van der Waals surface area contributed by atoms with Gasteiger partial charge >= 0.3 is 0 Å². The van der Waals surface area contributed by atoms with Gasteiger partial charge in [0, 0.05) is 30.6 Å². The molecule has 2 amide bonds. The Morgan fingerprint density at radius 2 is 2.21 bits per heavy atom. The molecule has 8 heteroatoms. The van der Waals surface area contributed by atoms with Gasteiger partial charge < -0.3 is 19.7 Å². The van der Waals surface area contributed by atoms with E-state index in [1.54, 1.807) is 48.9 Å². The van der Waals surface area contributed by atoms with Gasteiger partial charge in [0.2, 0.25) is 11.8 Å². The van der Waals surface area contributed by atoms with E-state index in [9.17, 15) is 9.59 Å². The molecule has 1 fully saturated rings. The molecule has 0 bridgehead atoms. The van der Waals surface area contributed by atoms with Gasteiger partial charge in [-0.2, -0.15) is 0 Å². The number of rotatable bonds is 5. The number of hydrogen-bond acceptors (Lipinski definition) is 6. The second-order valence-electron chi connectivity index (χ2n) is 5.27. The van der Waals surface area contributed by atoms with Crippen LogP contribution in [-0.2, 0) is 9.59 Å².